The molecule has 26 heavy (non-hydrogen) atoms. The number of rotatable bonds is 4. The van der Waals surface area contributed by atoms with Crippen LogP contribution in [0, 0.1) is 6.92 Å². The highest BCUT2D eigenvalue weighted by molar-refractivity contribution is 7.89. The summed E-state index contributed by atoms with van der Waals surface area (Å²) in [7, 11) is -3.64. The standard InChI is InChI=1S/C18H24N2O5S/c1-5-24-18(21)17-11(2)15-10-14(6-7-16(15)25-17)26(22,23)20-9-8-19-12(3)13(20)4/h6-7,10,12-13,19H,5,8-9H2,1-4H3. The number of sulfonamides is 1. The van der Waals surface area contributed by atoms with Crippen LogP contribution < -0.4 is 5.32 Å². The molecule has 2 unspecified atom stereocenters. The lowest BCUT2D eigenvalue weighted by Crippen LogP contribution is -2.57. The Hall–Kier alpha value is -1.90. The molecule has 3 rings (SSSR count). The molecule has 2 aromatic rings. The number of esters is 1. The number of carbonyl (C=O) groups excluding carboxylic acids is 1. The fourth-order valence-electron chi connectivity index (χ4n) is 3.25. The molecule has 0 aliphatic carbocycles. The highest BCUT2D eigenvalue weighted by atomic mass is 32.2. The number of nitrogens with one attached hydrogen (secondary N) is 1. The minimum atomic E-state index is -3.64. The molecule has 0 amide bonds. The van der Waals surface area contributed by atoms with Crippen LogP contribution in [0.2, 0.25) is 0 Å². The van der Waals surface area contributed by atoms with Gasteiger partial charge >= 0.3 is 5.97 Å². The van der Waals surface area contributed by atoms with Gasteiger partial charge in [-0.05, 0) is 45.9 Å². The minimum Gasteiger partial charge on any atom is -0.460 e. The first-order chi connectivity index (χ1) is 12.3. The molecule has 7 nitrogen and oxygen atoms in total. The summed E-state index contributed by atoms with van der Waals surface area (Å²) in [6.07, 6.45) is 0. The van der Waals surface area contributed by atoms with E-state index in [1.54, 1.807) is 26.0 Å². The fourth-order valence-corrected chi connectivity index (χ4v) is 4.98. The van der Waals surface area contributed by atoms with Crippen molar-refractivity contribution in [2.75, 3.05) is 19.7 Å². The second-order valence-corrected chi connectivity index (χ2v) is 8.42. The lowest BCUT2D eigenvalue weighted by atomic mass is 10.1. The second kappa shape index (κ2) is 7.02. The van der Waals surface area contributed by atoms with E-state index < -0.39 is 16.0 Å². The van der Waals surface area contributed by atoms with Crippen molar-refractivity contribution in [3.05, 3.63) is 29.5 Å². The number of hydrogen-bond donors (Lipinski definition) is 1. The average Bonchev–Trinajstić information content (AvgIpc) is 2.94. The van der Waals surface area contributed by atoms with Crippen LogP contribution in [0.5, 0.6) is 0 Å². The molecule has 1 fully saturated rings. The summed E-state index contributed by atoms with van der Waals surface area (Å²) in [5, 5.41) is 3.88. The van der Waals surface area contributed by atoms with E-state index in [2.05, 4.69) is 5.32 Å². The Balaban J connectivity index is 2.03. The summed E-state index contributed by atoms with van der Waals surface area (Å²) >= 11 is 0. The van der Waals surface area contributed by atoms with Crippen molar-refractivity contribution in [2.24, 2.45) is 0 Å². The molecule has 1 aromatic carbocycles. The van der Waals surface area contributed by atoms with E-state index in [-0.39, 0.29) is 29.3 Å². The lowest BCUT2D eigenvalue weighted by Gasteiger charge is -2.37. The Morgan fingerprint density at radius 3 is 2.81 bits per heavy atom. The van der Waals surface area contributed by atoms with Gasteiger partial charge in [-0.3, -0.25) is 0 Å². The monoisotopic (exact) mass is 380 g/mol. The van der Waals surface area contributed by atoms with Crippen LogP contribution in [0.3, 0.4) is 0 Å². The van der Waals surface area contributed by atoms with Crippen molar-refractivity contribution in [1.29, 1.82) is 0 Å². The van der Waals surface area contributed by atoms with Crippen molar-refractivity contribution in [3.63, 3.8) is 0 Å². The van der Waals surface area contributed by atoms with Crippen molar-refractivity contribution in [2.45, 2.75) is 44.7 Å². The van der Waals surface area contributed by atoms with E-state index in [0.717, 1.165) is 0 Å². The van der Waals surface area contributed by atoms with Crippen LogP contribution in [0.15, 0.2) is 27.5 Å². The van der Waals surface area contributed by atoms with Gasteiger partial charge in [-0.25, -0.2) is 13.2 Å². The number of furan rings is 1. The van der Waals surface area contributed by atoms with Gasteiger partial charge in [0, 0.05) is 36.1 Å². The summed E-state index contributed by atoms with van der Waals surface area (Å²) in [5.41, 5.74) is 1.04. The zero-order valence-electron chi connectivity index (χ0n) is 15.4. The first-order valence-corrected chi connectivity index (χ1v) is 10.2. The van der Waals surface area contributed by atoms with E-state index in [1.807, 2.05) is 13.8 Å². The average molecular weight is 380 g/mol. The molecule has 1 aliphatic heterocycles. The van der Waals surface area contributed by atoms with Gasteiger partial charge in [-0.15, -0.1) is 0 Å². The molecular weight excluding hydrogens is 356 g/mol. The van der Waals surface area contributed by atoms with Crippen molar-refractivity contribution in [3.8, 4) is 0 Å². The molecule has 0 radical (unpaired) electrons. The smallest absolute Gasteiger partial charge is 0.374 e. The minimum absolute atomic E-state index is 0.0772. The number of carbonyl (C=O) groups is 1. The van der Waals surface area contributed by atoms with E-state index in [0.29, 0.717) is 29.6 Å². The topological polar surface area (TPSA) is 88.8 Å². The summed E-state index contributed by atoms with van der Waals surface area (Å²) in [4.78, 5) is 12.2. The van der Waals surface area contributed by atoms with Gasteiger partial charge in [0.05, 0.1) is 11.5 Å². The first-order valence-electron chi connectivity index (χ1n) is 8.73. The number of fused-ring (bicyclic) bond motifs is 1. The van der Waals surface area contributed by atoms with Gasteiger partial charge in [0.1, 0.15) is 5.58 Å². The predicted molar refractivity (Wildman–Crippen MR) is 97.7 cm³/mol. The summed E-state index contributed by atoms with van der Waals surface area (Å²) in [5.74, 6) is -0.435. The zero-order valence-corrected chi connectivity index (χ0v) is 16.2. The molecule has 142 valence electrons. The molecular formula is C18H24N2O5S. The van der Waals surface area contributed by atoms with Crippen LogP contribution in [-0.2, 0) is 14.8 Å². The Labute approximate surface area is 153 Å². The van der Waals surface area contributed by atoms with Gasteiger partial charge in [0.2, 0.25) is 15.8 Å². The van der Waals surface area contributed by atoms with Crippen LogP contribution in [0.25, 0.3) is 11.0 Å². The molecule has 0 spiro atoms. The Morgan fingerprint density at radius 2 is 2.12 bits per heavy atom. The zero-order chi connectivity index (χ0) is 19.1. The Morgan fingerprint density at radius 1 is 1.38 bits per heavy atom. The first kappa shape index (κ1) is 18.9. The molecule has 0 bridgehead atoms. The van der Waals surface area contributed by atoms with Crippen molar-refractivity contribution >= 4 is 27.0 Å². The third kappa shape index (κ3) is 3.13. The SMILES string of the molecule is CCOC(=O)c1oc2ccc(S(=O)(=O)N3CCNC(C)C3C)cc2c1C. The molecule has 2 atom stereocenters. The maximum atomic E-state index is 13.1. The number of piperazine rings is 1. The third-order valence-corrected chi connectivity index (χ3v) is 6.93. The molecule has 1 N–H and O–H groups in total. The fraction of sp³-hybridized carbons (Fsp3) is 0.500. The number of benzene rings is 1. The number of aryl methyl sites for hydroxylation is 1. The summed E-state index contributed by atoms with van der Waals surface area (Å²) in [6.45, 7) is 8.60. The highest BCUT2D eigenvalue weighted by Gasteiger charge is 2.34. The largest absolute Gasteiger partial charge is 0.460 e. The van der Waals surface area contributed by atoms with Crippen molar-refractivity contribution < 1.29 is 22.4 Å². The van der Waals surface area contributed by atoms with Gasteiger partial charge in [0.25, 0.3) is 0 Å². The van der Waals surface area contributed by atoms with E-state index >= 15 is 0 Å². The molecule has 1 aliphatic rings. The second-order valence-electron chi connectivity index (χ2n) is 6.53. The molecule has 1 aromatic heterocycles. The van der Waals surface area contributed by atoms with E-state index in [1.165, 1.54) is 10.4 Å². The molecule has 0 saturated carbocycles. The Kier molecular flexibility index (Phi) is 5.09. The van der Waals surface area contributed by atoms with Crippen LogP contribution >= 0.6 is 0 Å². The van der Waals surface area contributed by atoms with E-state index in [4.69, 9.17) is 9.15 Å². The van der Waals surface area contributed by atoms with Gasteiger partial charge in [0.15, 0.2) is 0 Å². The Bertz CT molecular complexity index is 934. The maximum absolute atomic E-state index is 13.1. The number of nitrogens with zero attached hydrogens (tertiary/aromatic N) is 1. The van der Waals surface area contributed by atoms with Gasteiger partial charge in [-0.1, -0.05) is 0 Å². The van der Waals surface area contributed by atoms with Gasteiger partial charge < -0.3 is 14.5 Å². The quantitative estimate of drug-likeness (QED) is 0.819. The molecule has 8 heteroatoms. The van der Waals surface area contributed by atoms with Crippen LogP contribution in [-0.4, -0.2) is 50.5 Å². The lowest BCUT2D eigenvalue weighted by molar-refractivity contribution is 0.0491. The number of hydrogen-bond acceptors (Lipinski definition) is 6. The number of ether oxygens (including phenoxy) is 1. The van der Waals surface area contributed by atoms with E-state index in [9.17, 15) is 13.2 Å². The van der Waals surface area contributed by atoms with Crippen LogP contribution in [0.1, 0.15) is 36.9 Å². The third-order valence-electron chi connectivity index (χ3n) is 4.95. The van der Waals surface area contributed by atoms with Crippen molar-refractivity contribution in [1.82, 2.24) is 9.62 Å². The van der Waals surface area contributed by atoms with Crippen LogP contribution in [0.4, 0.5) is 0 Å². The highest BCUT2D eigenvalue weighted by Crippen LogP contribution is 2.30. The normalized spacial score (nSPS) is 21.8. The summed E-state index contributed by atoms with van der Waals surface area (Å²) < 4.78 is 38.3. The van der Waals surface area contributed by atoms with Gasteiger partial charge in [-0.2, -0.15) is 4.31 Å². The summed E-state index contributed by atoms with van der Waals surface area (Å²) in [6, 6.07) is 4.62. The molecule has 2 heterocycles. The molecule has 1 saturated heterocycles. The maximum Gasteiger partial charge on any atom is 0.374 e. The predicted octanol–water partition coefficient (Wildman–Crippen LogP) is 2.29.